The minimum absolute atomic E-state index is 0.204. The van der Waals surface area contributed by atoms with Crippen molar-refractivity contribution in [2.75, 3.05) is 0 Å². The molecule has 2 N–H and O–H groups in total. The number of aromatic hydroxyl groups is 1. The molecule has 8 heteroatoms. The number of benzene rings is 3. The first-order valence-corrected chi connectivity index (χ1v) is 11.2. The highest BCUT2D eigenvalue weighted by molar-refractivity contribution is 9.11. The molecule has 0 saturated carbocycles. The molecular weight excluding hydrogens is 542 g/mol. The van der Waals surface area contributed by atoms with Crippen molar-refractivity contribution in [1.82, 2.24) is 0 Å². The number of ether oxygens (including phenoxy) is 1. The SMILES string of the molecule is CC(C)(O/N=C/c1cc(Br)c(Oc2ccc(O)c(Cc3ccccc3)c2)c(Br)c1)C(=O)O. The molecule has 3 aromatic rings. The predicted octanol–water partition coefficient (Wildman–Crippen LogP) is 6.51. The fraction of sp³-hybridized carbons (Fsp3) is 0.167. The fourth-order valence-corrected chi connectivity index (χ4v) is 4.09. The van der Waals surface area contributed by atoms with Crippen LogP contribution in [0.15, 0.2) is 74.8 Å². The number of rotatable bonds is 8. The second-order valence-corrected chi connectivity index (χ2v) is 9.22. The molecule has 0 aliphatic carbocycles. The lowest BCUT2D eigenvalue weighted by atomic mass is 10.0. The van der Waals surface area contributed by atoms with Crippen LogP contribution >= 0.6 is 31.9 Å². The zero-order valence-corrected chi connectivity index (χ0v) is 20.6. The molecule has 0 fully saturated rings. The van der Waals surface area contributed by atoms with E-state index >= 15 is 0 Å². The van der Waals surface area contributed by atoms with Crippen LogP contribution in [0.2, 0.25) is 0 Å². The minimum Gasteiger partial charge on any atom is -0.508 e. The molecule has 0 heterocycles. The van der Waals surface area contributed by atoms with Crippen LogP contribution in [0.1, 0.15) is 30.5 Å². The van der Waals surface area contributed by atoms with Crippen molar-refractivity contribution in [3.8, 4) is 17.2 Å². The molecule has 0 amide bonds. The second kappa shape index (κ2) is 10.2. The van der Waals surface area contributed by atoms with Gasteiger partial charge in [-0.05, 0) is 87.2 Å². The Morgan fingerprint density at radius 1 is 1.06 bits per heavy atom. The van der Waals surface area contributed by atoms with Crippen molar-refractivity contribution >= 4 is 44.0 Å². The average molecular weight is 563 g/mol. The predicted molar refractivity (Wildman–Crippen MR) is 130 cm³/mol. The molecule has 0 aromatic heterocycles. The van der Waals surface area contributed by atoms with Gasteiger partial charge in [-0.3, -0.25) is 0 Å². The first kappa shape index (κ1) is 23.8. The lowest BCUT2D eigenvalue weighted by molar-refractivity contribution is -0.161. The topological polar surface area (TPSA) is 88.4 Å². The molecule has 0 radical (unpaired) electrons. The number of carboxylic acids is 1. The summed E-state index contributed by atoms with van der Waals surface area (Å²) in [6.45, 7) is 2.83. The number of phenolic OH excluding ortho intramolecular Hbond substituents is 1. The summed E-state index contributed by atoms with van der Waals surface area (Å²) < 4.78 is 7.37. The van der Waals surface area contributed by atoms with Crippen molar-refractivity contribution in [2.24, 2.45) is 5.16 Å². The van der Waals surface area contributed by atoms with Crippen LogP contribution in [0.5, 0.6) is 17.2 Å². The molecule has 32 heavy (non-hydrogen) atoms. The first-order valence-electron chi connectivity index (χ1n) is 9.63. The van der Waals surface area contributed by atoms with Gasteiger partial charge in [0.15, 0.2) is 5.75 Å². The number of carboxylic acid groups (broad SMARTS) is 1. The molecule has 6 nitrogen and oxygen atoms in total. The zero-order valence-electron chi connectivity index (χ0n) is 17.4. The highest BCUT2D eigenvalue weighted by Crippen LogP contribution is 2.38. The number of nitrogens with zero attached hydrogens (tertiary/aromatic N) is 1. The number of oxime groups is 1. The maximum atomic E-state index is 11.1. The third-order valence-corrected chi connectivity index (χ3v) is 5.70. The van der Waals surface area contributed by atoms with Crippen LogP contribution < -0.4 is 4.74 Å². The van der Waals surface area contributed by atoms with E-state index in [1.54, 1.807) is 30.3 Å². The van der Waals surface area contributed by atoms with Crippen LogP contribution in [0, 0.1) is 0 Å². The minimum atomic E-state index is -1.43. The summed E-state index contributed by atoms with van der Waals surface area (Å²) in [4.78, 5) is 16.1. The summed E-state index contributed by atoms with van der Waals surface area (Å²) in [5, 5.41) is 23.1. The van der Waals surface area contributed by atoms with Gasteiger partial charge in [0.05, 0.1) is 15.2 Å². The molecule has 0 atom stereocenters. The van der Waals surface area contributed by atoms with E-state index in [1.807, 2.05) is 30.3 Å². The molecule has 166 valence electrons. The van der Waals surface area contributed by atoms with Gasteiger partial charge in [-0.25, -0.2) is 4.79 Å². The largest absolute Gasteiger partial charge is 0.508 e. The van der Waals surface area contributed by atoms with Gasteiger partial charge in [-0.15, -0.1) is 0 Å². The molecule has 0 spiro atoms. The van der Waals surface area contributed by atoms with Gasteiger partial charge in [0.1, 0.15) is 11.5 Å². The van der Waals surface area contributed by atoms with Gasteiger partial charge in [0.2, 0.25) is 5.60 Å². The summed E-state index contributed by atoms with van der Waals surface area (Å²) >= 11 is 6.99. The Morgan fingerprint density at radius 2 is 1.72 bits per heavy atom. The summed E-state index contributed by atoms with van der Waals surface area (Å²) in [5.74, 6) is 0.213. The van der Waals surface area contributed by atoms with E-state index in [9.17, 15) is 9.90 Å². The van der Waals surface area contributed by atoms with E-state index in [4.69, 9.17) is 14.7 Å². The number of phenols is 1. The fourth-order valence-electron chi connectivity index (χ4n) is 2.71. The van der Waals surface area contributed by atoms with Crippen LogP contribution in [-0.2, 0) is 16.1 Å². The molecule has 0 unspecified atom stereocenters. The maximum absolute atomic E-state index is 11.1. The Kier molecular flexibility index (Phi) is 7.58. The van der Waals surface area contributed by atoms with Crippen LogP contribution in [0.3, 0.4) is 0 Å². The molecule has 3 rings (SSSR count). The van der Waals surface area contributed by atoms with Crippen molar-refractivity contribution < 1.29 is 24.6 Å². The van der Waals surface area contributed by atoms with Gasteiger partial charge in [0.25, 0.3) is 0 Å². The summed E-state index contributed by atoms with van der Waals surface area (Å²) in [7, 11) is 0. The number of aliphatic carboxylic acids is 1. The highest BCUT2D eigenvalue weighted by atomic mass is 79.9. The number of halogens is 2. The molecule has 0 aliphatic heterocycles. The lowest BCUT2D eigenvalue weighted by Crippen LogP contribution is -2.32. The van der Waals surface area contributed by atoms with Crippen LogP contribution in [-0.4, -0.2) is 28.0 Å². The van der Waals surface area contributed by atoms with E-state index in [0.717, 1.165) is 11.1 Å². The molecular formula is C24H21Br2NO5. The van der Waals surface area contributed by atoms with Gasteiger partial charge in [-0.2, -0.15) is 0 Å². The van der Waals surface area contributed by atoms with Crippen molar-refractivity contribution in [3.63, 3.8) is 0 Å². The molecule has 3 aromatic carbocycles. The van der Waals surface area contributed by atoms with Crippen molar-refractivity contribution in [3.05, 3.63) is 86.3 Å². The van der Waals surface area contributed by atoms with Crippen LogP contribution in [0.25, 0.3) is 0 Å². The Balaban J connectivity index is 1.78. The Morgan fingerprint density at radius 3 is 2.34 bits per heavy atom. The maximum Gasteiger partial charge on any atom is 0.350 e. The third kappa shape index (κ3) is 6.11. The number of hydrogen-bond acceptors (Lipinski definition) is 5. The standard InChI is InChI=1S/C24H21Br2NO5/c1-24(2,23(29)30)32-27-14-16-11-19(25)22(20(26)12-16)31-18-8-9-21(28)17(13-18)10-15-6-4-3-5-7-15/h3-9,11-14,28H,10H2,1-2H3,(H,29,30)/b27-14+. The summed E-state index contributed by atoms with van der Waals surface area (Å²) in [5.41, 5.74) is 1.08. The lowest BCUT2D eigenvalue weighted by Gasteiger charge is -2.16. The first-order chi connectivity index (χ1) is 15.2. The molecule has 0 aliphatic rings. The van der Waals surface area contributed by atoms with E-state index in [0.29, 0.717) is 32.4 Å². The monoisotopic (exact) mass is 561 g/mol. The van der Waals surface area contributed by atoms with E-state index in [2.05, 4.69) is 37.0 Å². The van der Waals surface area contributed by atoms with Gasteiger partial charge < -0.3 is 19.8 Å². The summed E-state index contributed by atoms with van der Waals surface area (Å²) in [6, 6.07) is 18.5. The third-order valence-electron chi connectivity index (χ3n) is 4.53. The molecule has 0 bridgehead atoms. The van der Waals surface area contributed by atoms with Gasteiger partial charge in [-0.1, -0.05) is 35.5 Å². The highest BCUT2D eigenvalue weighted by Gasteiger charge is 2.29. The van der Waals surface area contributed by atoms with Crippen molar-refractivity contribution in [1.29, 1.82) is 0 Å². The van der Waals surface area contributed by atoms with E-state index in [1.165, 1.54) is 20.1 Å². The Hall–Kier alpha value is -2.84. The number of carbonyl (C=O) groups is 1. The zero-order chi connectivity index (χ0) is 23.3. The van der Waals surface area contributed by atoms with E-state index < -0.39 is 11.6 Å². The molecule has 0 saturated heterocycles. The Labute approximate surface area is 202 Å². The quantitative estimate of drug-likeness (QED) is 0.241. The van der Waals surface area contributed by atoms with Gasteiger partial charge in [0, 0.05) is 12.0 Å². The van der Waals surface area contributed by atoms with Crippen molar-refractivity contribution in [2.45, 2.75) is 25.9 Å². The van der Waals surface area contributed by atoms with E-state index in [-0.39, 0.29) is 5.75 Å². The second-order valence-electron chi connectivity index (χ2n) is 7.51. The average Bonchev–Trinajstić information content (AvgIpc) is 2.73. The van der Waals surface area contributed by atoms with Crippen LogP contribution in [0.4, 0.5) is 0 Å². The normalized spacial score (nSPS) is 11.5. The number of hydrogen-bond donors (Lipinski definition) is 2. The summed E-state index contributed by atoms with van der Waals surface area (Å²) in [6.07, 6.45) is 2.00. The Bertz CT molecular complexity index is 1120. The smallest absolute Gasteiger partial charge is 0.350 e. The van der Waals surface area contributed by atoms with Gasteiger partial charge >= 0.3 is 5.97 Å².